The standard InChI is InChI=1S/C32H32O6/c1-33-26-13-11-22(12-14-26)7-9-25-18-30-32(37-21-36-30)31(19-25)38-29-17-24(16-28(20-29)35-3)10-8-23-5-4-6-27(15-23)34-2/h4-6,11-20H,7-10,21H2,1-3H3. The van der Waals surface area contributed by atoms with Gasteiger partial charge >= 0.3 is 0 Å². The number of benzene rings is 4. The number of hydrogen-bond acceptors (Lipinski definition) is 6. The van der Waals surface area contributed by atoms with Crippen molar-refractivity contribution in [2.24, 2.45) is 0 Å². The van der Waals surface area contributed by atoms with E-state index in [4.69, 9.17) is 28.4 Å². The Morgan fingerprint density at radius 1 is 0.553 bits per heavy atom. The minimum Gasteiger partial charge on any atom is -0.497 e. The highest BCUT2D eigenvalue weighted by Crippen LogP contribution is 2.44. The second-order valence-corrected chi connectivity index (χ2v) is 9.15. The van der Waals surface area contributed by atoms with Gasteiger partial charge in [0.1, 0.15) is 23.0 Å². The van der Waals surface area contributed by atoms with Gasteiger partial charge in [-0.05, 0) is 96.5 Å². The van der Waals surface area contributed by atoms with Crippen molar-refractivity contribution in [3.05, 3.63) is 101 Å². The second kappa shape index (κ2) is 11.8. The van der Waals surface area contributed by atoms with Crippen LogP contribution < -0.4 is 28.4 Å². The lowest BCUT2D eigenvalue weighted by atomic mass is 10.0. The van der Waals surface area contributed by atoms with Gasteiger partial charge in [0.25, 0.3) is 0 Å². The van der Waals surface area contributed by atoms with Crippen molar-refractivity contribution in [1.82, 2.24) is 0 Å². The predicted octanol–water partition coefficient (Wildman–Crippen LogP) is 6.80. The molecule has 0 radical (unpaired) electrons. The van der Waals surface area contributed by atoms with Gasteiger partial charge in [0, 0.05) is 6.07 Å². The van der Waals surface area contributed by atoms with E-state index in [9.17, 15) is 0 Å². The van der Waals surface area contributed by atoms with Crippen LogP contribution in [0.4, 0.5) is 0 Å². The van der Waals surface area contributed by atoms with Crippen LogP contribution in [0.5, 0.6) is 40.2 Å². The molecule has 4 aromatic carbocycles. The van der Waals surface area contributed by atoms with Crippen molar-refractivity contribution in [1.29, 1.82) is 0 Å². The van der Waals surface area contributed by atoms with Crippen LogP contribution in [0.2, 0.25) is 0 Å². The molecule has 0 amide bonds. The van der Waals surface area contributed by atoms with Crippen LogP contribution in [-0.4, -0.2) is 28.1 Å². The van der Waals surface area contributed by atoms with Crippen LogP contribution in [0.1, 0.15) is 22.3 Å². The van der Waals surface area contributed by atoms with Crippen LogP contribution in [0.15, 0.2) is 78.9 Å². The van der Waals surface area contributed by atoms with E-state index in [1.807, 2.05) is 48.5 Å². The lowest BCUT2D eigenvalue weighted by molar-refractivity contribution is 0.172. The Bertz CT molecular complexity index is 1380. The minimum absolute atomic E-state index is 0.178. The molecule has 0 N–H and O–H groups in total. The molecule has 4 aromatic rings. The lowest BCUT2D eigenvalue weighted by Gasteiger charge is -2.14. The summed E-state index contributed by atoms with van der Waals surface area (Å²) in [6, 6.07) is 26.3. The number of rotatable bonds is 11. The molecular formula is C32H32O6. The fraction of sp³-hybridized carbons (Fsp3) is 0.250. The molecular weight excluding hydrogens is 480 g/mol. The van der Waals surface area contributed by atoms with Gasteiger partial charge in [-0.2, -0.15) is 0 Å². The predicted molar refractivity (Wildman–Crippen MR) is 146 cm³/mol. The first-order chi connectivity index (χ1) is 18.6. The molecule has 0 saturated carbocycles. The van der Waals surface area contributed by atoms with Crippen molar-refractivity contribution < 1.29 is 28.4 Å². The fourth-order valence-electron chi connectivity index (χ4n) is 4.53. The molecule has 0 saturated heterocycles. The molecule has 6 nitrogen and oxygen atoms in total. The summed E-state index contributed by atoms with van der Waals surface area (Å²) in [6.07, 6.45) is 3.43. The first kappa shape index (κ1) is 25.3. The topological polar surface area (TPSA) is 55.4 Å². The Morgan fingerprint density at radius 3 is 1.97 bits per heavy atom. The van der Waals surface area contributed by atoms with Crippen LogP contribution in [-0.2, 0) is 25.7 Å². The lowest BCUT2D eigenvalue weighted by Crippen LogP contribution is -1.97. The zero-order valence-corrected chi connectivity index (χ0v) is 22.0. The van der Waals surface area contributed by atoms with E-state index in [-0.39, 0.29) is 6.79 Å². The van der Waals surface area contributed by atoms with E-state index in [0.717, 1.165) is 54.1 Å². The van der Waals surface area contributed by atoms with Gasteiger partial charge in [-0.25, -0.2) is 0 Å². The molecule has 0 aliphatic carbocycles. The number of fused-ring (bicyclic) bond motifs is 1. The smallest absolute Gasteiger partial charge is 0.231 e. The molecule has 1 heterocycles. The van der Waals surface area contributed by atoms with Gasteiger partial charge in [0.2, 0.25) is 12.5 Å². The molecule has 0 unspecified atom stereocenters. The zero-order chi connectivity index (χ0) is 26.3. The van der Waals surface area contributed by atoms with E-state index < -0.39 is 0 Å². The molecule has 1 aliphatic heterocycles. The van der Waals surface area contributed by atoms with E-state index in [0.29, 0.717) is 23.0 Å². The van der Waals surface area contributed by atoms with Gasteiger partial charge < -0.3 is 28.4 Å². The number of hydrogen-bond donors (Lipinski definition) is 0. The van der Waals surface area contributed by atoms with Gasteiger partial charge in [0.15, 0.2) is 11.5 Å². The highest BCUT2D eigenvalue weighted by Gasteiger charge is 2.21. The quantitative estimate of drug-likeness (QED) is 0.220. The van der Waals surface area contributed by atoms with Crippen molar-refractivity contribution in [3.63, 3.8) is 0 Å². The summed E-state index contributed by atoms with van der Waals surface area (Å²) in [7, 11) is 5.03. The molecule has 0 bridgehead atoms. The van der Waals surface area contributed by atoms with Crippen LogP contribution >= 0.6 is 0 Å². The largest absolute Gasteiger partial charge is 0.497 e. The molecule has 0 spiro atoms. The second-order valence-electron chi connectivity index (χ2n) is 9.15. The molecule has 0 fully saturated rings. The van der Waals surface area contributed by atoms with Crippen molar-refractivity contribution in [2.75, 3.05) is 28.1 Å². The SMILES string of the molecule is COc1ccc(CCc2cc3c(c(Oc4cc(CCc5cccc(OC)c5)cc(OC)c4)c2)OCO3)cc1. The third-order valence-corrected chi connectivity index (χ3v) is 6.60. The Hall–Kier alpha value is -4.32. The number of methoxy groups -OCH3 is 3. The van der Waals surface area contributed by atoms with Gasteiger partial charge in [-0.15, -0.1) is 0 Å². The van der Waals surface area contributed by atoms with Crippen molar-refractivity contribution in [2.45, 2.75) is 25.7 Å². The highest BCUT2D eigenvalue weighted by atomic mass is 16.7. The van der Waals surface area contributed by atoms with Crippen molar-refractivity contribution >= 4 is 0 Å². The summed E-state index contributed by atoms with van der Waals surface area (Å²) in [5.41, 5.74) is 4.68. The third kappa shape index (κ3) is 6.14. The normalized spacial score (nSPS) is 11.8. The summed E-state index contributed by atoms with van der Waals surface area (Å²) < 4.78 is 34.1. The zero-order valence-electron chi connectivity index (χ0n) is 22.0. The maximum Gasteiger partial charge on any atom is 0.231 e. The molecule has 196 valence electrons. The summed E-state index contributed by atoms with van der Waals surface area (Å²) in [6.45, 7) is 0.178. The molecule has 0 aromatic heterocycles. The maximum atomic E-state index is 6.39. The van der Waals surface area contributed by atoms with Crippen LogP contribution in [0.25, 0.3) is 0 Å². The third-order valence-electron chi connectivity index (χ3n) is 6.60. The maximum absolute atomic E-state index is 6.39. The van der Waals surface area contributed by atoms with E-state index >= 15 is 0 Å². The number of ether oxygens (including phenoxy) is 6. The summed E-state index contributed by atoms with van der Waals surface area (Å²) in [5.74, 6) is 5.11. The first-order valence-electron chi connectivity index (χ1n) is 12.7. The Morgan fingerprint density at radius 2 is 1.21 bits per heavy atom. The summed E-state index contributed by atoms with van der Waals surface area (Å²) >= 11 is 0. The number of aryl methyl sites for hydroxylation is 4. The van der Waals surface area contributed by atoms with E-state index in [1.54, 1.807) is 21.3 Å². The Kier molecular flexibility index (Phi) is 7.88. The molecule has 5 rings (SSSR count). The Labute approximate surface area is 223 Å². The van der Waals surface area contributed by atoms with Crippen LogP contribution in [0, 0.1) is 0 Å². The van der Waals surface area contributed by atoms with E-state index in [1.165, 1.54) is 11.1 Å². The summed E-state index contributed by atoms with van der Waals surface area (Å²) in [4.78, 5) is 0. The van der Waals surface area contributed by atoms with E-state index in [2.05, 4.69) is 30.3 Å². The monoisotopic (exact) mass is 512 g/mol. The van der Waals surface area contributed by atoms with Gasteiger partial charge in [0.05, 0.1) is 21.3 Å². The van der Waals surface area contributed by atoms with Gasteiger partial charge in [-0.3, -0.25) is 0 Å². The van der Waals surface area contributed by atoms with Gasteiger partial charge in [-0.1, -0.05) is 24.3 Å². The molecule has 38 heavy (non-hydrogen) atoms. The Balaban J connectivity index is 1.34. The summed E-state index contributed by atoms with van der Waals surface area (Å²) in [5, 5.41) is 0. The fourth-order valence-corrected chi connectivity index (χ4v) is 4.53. The minimum atomic E-state index is 0.178. The average molecular weight is 513 g/mol. The first-order valence-corrected chi connectivity index (χ1v) is 12.7. The van der Waals surface area contributed by atoms with Crippen molar-refractivity contribution in [3.8, 4) is 40.2 Å². The highest BCUT2D eigenvalue weighted by molar-refractivity contribution is 5.57. The molecule has 1 aliphatic rings. The molecule has 0 atom stereocenters. The van der Waals surface area contributed by atoms with Crippen LogP contribution in [0.3, 0.4) is 0 Å². The molecule has 6 heteroatoms. The average Bonchev–Trinajstić information content (AvgIpc) is 3.44.